The van der Waals surface area contributed by atoms with E-state index in [2.05, 4.69) is 30.7 Å². The number of nitrogens with zero attached hydrogens (tertiary/aromatic N) is 1. The first-order valence-electron chi connectivity index (χ1n) is 17.5. The fourth-order valence-corrected chi connectivity index (χ4v) is 11.5. The van der Waals surface area contributed by atoms with Gasteiger partial charge in [-0.15, -0.1) is 13.2 Å². The number of ketones is 1. The Balaban J connectivity index is 1.16. The summed E-state index contributed by atoms with van der Waals surface area (Å²) in [5.74, 6) is -1.04. The van der Waals surface area contributed by atoms with E-state index < -0.39 is 57.9 Å². The molecule has 2 bridgehead atoms. The number of Topliss-reactive ketones (excluding diaryl/α,β-unsaturated/α-hetero) is 1. The molecule has 6 nitrogen and oxygen atoms in total. The molecule has 272 valence electrons. The topological polar surface area (TPSA) is 76.1 Å². The number of rotatable bonds is 5. The minimum atomic E-state index is -4.82. The second kappa shape index (κ2) is 10.9. The van der Waals surface area contributed by atoms with Crippen LogP contribution in [0.3, 0.4) is 0 Å². The lowest BCUT2D eigenvalue weighted by Gasteiger charge is -2.71. The average Bonchev–Trinajstić information content (AvgIpc) is 3.54. The van der Waals surface area contributed by atoms with Gasteiger partial charge in [0.25, 0.3) is 0 Å². The molecule has 12 heteroatoms. The molecule has 2 aromatic rings. The van der Waals surface area contributed by atoms with Gasteiger partial charge in [0, 0.05) is 33.9 Å². The number of halogens is 6. The Morgan fingerprint density at radius 1 is 0.941 bits per heavy atom. The third-order valence-electron chi connectivity index (χ3n) is 13.9. The van der Waals surface area contributed by atoms with E-state index in [9.17, 15) is 41.0 Å². The van der Waals surface area contributed by atoms with Gasteiger partial charge in [0.1, 0.15) is 11.4 Å². The van der Waals surface area contributed by atoms with Gasteiger partial charge in [-0.1, -0.05) is 56.3 Å². The maximum Gasteiger partial charge on any atom is 0.573 e. The van der Waals surface area contributed by atoms with Gasteiger partial charge in [-0.2, -0.15) is 13.2 Å². The summed E-state index contributed by atoms with van der Waals surface area (Å²) in [6.07, 6.45) is -0.0175. The number of carbonyl (C=O) groups is 2. The smallest absolute Gasteiger partial charge is 0.440 e. The number of alkyl halides is 6. The van der Waals surface area contributed by atoms with Crippen molar-refractivity contribution in [2.75, 3.05) is 6.54 Å². The van der Waals surface area contributed by atoms with Crippen LogP contribution in [0.1, 0.15) is 80.3 Å². The van der Waals surface area contributed by atoms with Crippen molar-refractivity contribution < 1.29 is 50.5 Å². The van der Waals surface area contributed by atoms with Crippen molar-refractivity contribution in [3.63, 3.8) is 0 Å². The van der Waals surface area contributed by atoms with Crippen LogP contribution in [0, 0.1) is 33.5 Å². The highest BCUT2D eigenvalue weighted by molar-refractivity contribution is 6.10. The Hall–Kier alpha value is -3.80. The molecule has 0 radical (unpaired) electrons. The summed E-state index contributed by atoms with van der Waals surface area (Å²) in [4.78, 5) is 29.8. The molecule has 1 saturated heterocycles. The summed E-state index contributed by atoms with van der Waals surface area (Å²) in [6, 6.07) is 9.91. The molecule has 9 rings (SSSR count). The van der Waals surface area contributed by atoms with Gasteiger partial charge in [0.2, 0.25) is 0 Å². The Morgan fingerprint density at radius 3 is 2.33 bits per heavy atom. The van der Waals surface area contributed by atoms with Crippen LogP contribution in [-0.4, -0.2) is 46.5 Å². The van der Waals surface area contributed by atoms with E-state index in [0.717, 1.165) is 18.6 Å². The van der Waals surface area contributed by atoms with Crippen molar-refractivity contribution in [1.29, 1.82) is 0 Å². The van der Waals surface area contributed by atoms with Gasteiger partial charge in [-0.25, -0.2) is 4.79 Å². The predicted molar refractivity (Wildman–Crippen MR) is 172 cm³/mol. The highest BCUT2D eigenvalue weighted by Gasteiger charge is 2.76. The summed E-state index contributed by atoms with van der Waals surface area (Å²) in [6.45, 7) is 4.71. The van der Waals surface area contributed by atoms with Crippen molar-refractivity contribution in [2.45, 2.75) is 89.6 Å². The maximum absolute atomic E-state index is 14.7. The normalized spacial score (nSPS) is 38.2. The van der Waals surface area contributed by atoms with Crippen LogP contribution < -0.4 is 4.74 Å². The minimum Gasteiger partial charge on any atom is -0.440 e. The SMILES string of the molecule is C[C@]12CC[C@H]3[C@]4(C=C[C@@]5(C=C4C(=O)c4cccc(C(F)(F)F)c4)C[C@@H](O)CC[C@]35C)[C@@H]1CC[C@@]21CN(Cc2ccc(OC(F)(F)F)cc2)C(=O)O1. The Kier molecular flexibility index (Phi) is 7.31. The van der Waals surface area contributed by atoms with Crippen molar-refractivity contribution in [3.8, 4) is 5.75 Å². The van der Waals surface area contributed by atoms with Crippen molar-refractivity contribution in [3.05, 3.63) is 89.0 Å². The first-order valence-corrected chi connectivity index (χ1v) is 17.5. The van der Waals surface area contributed by atoms with Crippen LogP contribution in [0.4, 0.5) is 31.1 Å². The third kappa shape index (κ3) is 4.87. The molecule has 1 aliphatic heterocycles. The zero-order valence-corrected chi connectivity index (χ0v) is 28.2. The highest BCUT2D eigenvalue weighted by atomic mass is 19.4. The molecule has 6 aliphatic carbocycles. The molecule has 1 amide bonds. The number of aliphatic hydroxyl groups is 1. The number of amides is 1. The molecule has 0 unspecified atom stereocenters. The maximum atomic E-state index is 14.7. The second-order valence-electron chi connectivity index (χ2n) is 16.1. The molecule has 8 atom stereocenters. The van der Waals surface area contributed by atoms with E-state index in [0.29, 0.717) is 49.7 Å². The molecule has 1 N–H and O–H groups in total. The summed E-state index contributed by atoms with van der Waals surface area (Å²) < 4.78 is 89.8. The Labute approximate surface area is 291 Å². The number of fused-ring (bicyclic) bond motifs is 2. The van der Waals surface area contributed by atoms with Crippen LogP contribution in [0.5, 0.6) is 5.75 Å². The third-order valence-corrected chi connectivity index (χ3v) is 13.9. The van der Waals surface area contributed by atoms with Crippen LogP contribution in [0.25, 0.3) is 0 Å². The highest BCUT2D eigenvalue weighted by Crippen LogP contribution is 2.79. The number of allylic oxidation sites excluding steroid dienone is 4. The van der Waals surface area contributed by atoms with E-state index >= 15 is 0 Å². The molecule has 3 saturated carbocycles. The van der Waals surface area contributed by atoms with Gasteiger partial charge >= 0.3 is 18.6 Å². The van der Waals surface area contributed by atoms with Crippen LogP contribution in [0.15, 0.2) is 72.3 Å². The number of carbonyl (C=O) groups excluding carboxylic acids is 2. The Morgan fingerprint density at radius 2 is 1.63 bits per heavy atom. The molecule has 0 aromatic heterocycles. The van der Waals surface area contributed by atoms with Crippen molar-refractivity contribution in [1.82, 2.24) is 4.90 Å². The van der Waals surface area contributed by atoms with Crippen molar-refractivity contribution >= 4 is 11.9 Å². The quantitative estimate of drug-likeness (QED) is 0.190. The lowest BCUT2D eigenvalue weighted by molar-refractivity contribution is -0.274. The summed E-state index contributed by atoms with van der Waals surface area (Å²) in [5.41, 5.74) is -3.18. The molecular weight excluding hydrogens is 676 g/mol. The lowest BCUT2D eigenvalue weighted by Crippen LogP contribution is -2.67. The fourth-order valence-electron chi connectivity index (χ4n) is 11.5. The van der Waals surface area contributed by atoms with Gasteiger partial charge in [-0.3, -0.25) is 9.69 Å². The van der Waals surface area contributed by atoms with Crippen LogP contribution >= 0.6 is 0 Å². The molecule has 2 aromatic carbocycles. The van der Waals surface area contributed by atoms with E-state index in [1.54, 1.807) is 4.90 Å². The lowest BCUT2D eigenvalue weighted by atomic mass is 9.32. The summed E-state index contributed by atoms with van der Waals surface area (Å²) >= 11 is 0. The monoisotopic (exact) mass is 715 g/mol. The fraction of sp³-hybridized carbons (Fsp3) is 0.538. The zero-order chi connectivity index (χ0) is 36.4. The first kappa shape index (κ1) is 34.3. The van der Waals surface area contributed by atoms with E-state index in [-0.39, 0.29) is 41.7 Å². The predicted octanol–water partition coefficient (Wildman–Crippen LogP) is 9.04. The summed E-state index contributed by atoms with van der Waals surface area (Å²) in [5, 5.41) is 10.9. The van der Waals surface area contributed by atoms with Gasteiger partial charge < -0.3 is 14.6 Å². The number of hydrogen-bond donors (Lipinski definition) is 1. The number of ether oxygens (including phenoxy) is 2. The first-order chi connectivity index (χ1) is 23.8. The average molecular weight is 716 g/mol. The van der Waals surface area contributed by atoms with Gasteiger partial charge in [0.05, 0.1) is 18.2 Å². The number of benzene rings is 2. The van der Waals surface area contributed by atoms with Crippen LogP contribution in [-0.2, 0) is 17.5 Å². The molecule has 1 heterocycles. The van der Waals surface area contributed by atoms with E-state index in [1.165, 1.54) is 36.4 Å². The largest absolute Gasteiger partial charge is 0.573 e. The number of aliphatic hydroxyl groups excluding tert-OH is 1. The standard InChI is InChI=1S/C39H39F6NO5/c1-33-13-10-26(47)19-35(33)16-17-37(28(20-35)31(48)24-4-3-5-25(18-24)38(40,41)42)29(33)11-14-34(2)30(37)12-15-36(34)22-46(32(49)51-36)21-23-6-8-27(9-7-23)50-39(43,44)45/h3-9,16-18,20,26,29-30,47H,10-15,19,21-22H2,1-2H3/t26-,29+,30+,33+,34-,35-,36+,37+/m0/s1. The molecular formula is C39H39F6NO5. The number of hydrogen-bond acceptors (Lipinski definition) is 5. The van der Waals surface area contributed by atoms with E-state index in [1.807, 2.05) is 6.08 Å². The van der Waals surface area contributed by atoms with Crippen molar-refractivity contribution in [2.24, 2.45) is 33.5 Å². The van der Waals surface area contributed by atoms with Gasteiger partial charge in [0.15, 0.2) is 5.78 Å². The second-order valence-corrected chi connectivity index (χ2v) is 16.1. The molecule has 4 fully saturated rings. The molecule has 51 heavy (non-hydrogen) atoms. The summed E-state index contributed by atoms with van der Waals surface area (Å²) in [7, 11) is 0. The van der Waals surface area contributed by atoms with Crippen LogP contribution in [0.2, 0.25) is 0 Å². The minimum absolute atomic E-state index is 0.0314. The zero-order valence-electron chi connectivity index (χ0n) is 28.2. The Bertz CT molecular complexity index is 1850. The van der Waals surface area contributed by atoms with Gasteiger partial charge in [-0.05, 0) is 92.0 Å². The molecule has 3 spiro atoms. The molecule has 7 aliphatic rings. The van der Waals surface area contributed by atoms with E-state index in [4.69, 9.17) is 4.74 Å².